The Morgan fingerprint density at radius 1 is 1.43 bits per heavy atom. The van der Waals surface area contributed by atoms with Crippen LogP contribution in [0.2, 0.25) is 0 Å². The summed E-state index contributed by atoms with van der Waals surface area (Å²) in [5.41, 5.74) is 6.06. The molecule has 0 aromatic carbocycles. The number of ether oxygens (including phenoxy) is 1. The molecule has 1 saturated heterocycles. The maximum Gasteiger partial charge on any atom is 0.325 e. The van der Waals surface area contributed by atoms with Crippen molar-refractivity contribution in [2.24, 2.45) is 5.73 Å². The molecule has 1 fully saturated rings. The number of nitrogens with two attached hydrogens (primary N) is 1. The van der Waals surface area contributed by atoms with E-state index >= 15 is 0 Å². The molecule has 2 heterocycles. The molecule has 0 saturated carbocycles. The SMILES string of the molecule is NC1NC(=O)N(C2C[C@H](O)C(CO)O2)C=C1C#CCN(O)C(=O)CCC(=O)O. The van der Waals surface area contributed by atoms with Crippen LogP contribution in [0, 0.1) is 11.8 Å². The van der Waals surface area contributed by atoms with Crippen molar-refractivity contribution in [1.82, 2.24) is 15.3 Å². The molecular weight excluding hydrogens is 376 g/mol. The molecule has 7 N–H and O–H groups in total. The van der Waals surface area contributed by atoms with E-state index in [9.17, 15) is 24.7 Å². The molecule has 28 heavy (non-hydrogen) atoms. The highest BCUT2D eigenvalue weighted by atomic mass is 16.5. The molecule has 0 aromatic heterocycles. The molecule has 0 bridgehead atoms. The van der Waals surface area contributed by atoms with Crippen molar-refractivity contribution in [3.8, 4) is 11.8 Å². The van der Waals surface area contributed by atoms with E-state index in [2.05, 4.69) is 17.2 Å². The minimum Gasteiger partial charge on any atom is -0.481 e. The molecule has 3 amide bonds. The number of urea groups is 1. The predicted molar refractivity (Wildman–Crippen MR) is 90.9 cm³/mol. The van der Waals surface area contributed by atoms with Gasteiger partial charge in [-0.3, -0.25) is 19.7 Å². The number of hydrogen-bond donors (Lipinski definition) is 6. The van der Waals surface area contributed by atoms with Gasteiger partial charge in [0.25, 0.3) is 0 Å². The number of nitrogens with one attached hydrogen (secondary N) is 1. The summed E-state index contributed by atoms with van der Waals surface area (Å²) in [7, 11) is 0. The van der Waals surface area contributed by atoms with Crippen molar-refractivity contribution in [3.63, 3.8) is 0 Å². The number of carbonyl (C=O) groups excluding carboxylic acids is 2. The van der Waals surface area contributed by atoms with Crippen molar-refractivity contribution in [3.05, 3.63) is 11.8 Å². The summed E-state index contributed by atoms with van der Waals surface area (Å²) in [5, 5.41) is 39.8. The second-order valence-corrected chi connectivity index (χ2v) is 6.18. The maximum atomic E-state index is 12.1. The van der Waals surface area contributed by atoms with Crippen LogP contribution in [0.4, 0.5) is 4.79 Å². The average molecular weight is 398 g/mol. The Morgan fingerprint density at radius 2 is 2.14 bits per heavy atom. The summed E-state index contributed by atoms with van der Waals surface area (Å²) in [6, 6.07) is -0.568. The monoisotopic (exact) mass is 398 g/mol. The summed E-state index contributed by atoms with van der Waals surface area (Å²) in [5.74, 6) is 3.18. The number of amides is 3. The lowest BCUT2D eigenvalue weighted by Gasteiger charge is -2.31. The van der Waals surface area contributed by atoms with Crippen molar-refractivity contribution in [2.45, 2.75) is 43.9 Å². The number of carbonyl (C=O) groups is 3. The molecule has 3 unspecified atom stereocenters. The number of carboxylic acid groups (broad SMARTS) is 1. The van der Waals surface area contributed by atoms with Gasteiger partial charge in [-0.1, -0.05) is 11.8 Å². The zero-order valence-electron chi connectivity index (χ0n) is 14.8. The summed E-state index contributed by atoms with van der Waals surface area (Å²) in [6.45, 7) is -0.785. The van der Waals surface area contributed by atoms with E-state index in [4.69, 9.17) is 20.7 Å². The Balaban J connectivity index is 2.02. The van der Waals surface area contributed by atoms with Crippen LogP contribution in [-0.2, 0) is 14.3 Å². The van der Waals surface area contributed by atoms with Gasteiger partial charge in [0, 0.05) is 19.0 Å². The average Bonchev–Trinajstić information content (AvgIpc) is 3.01. The second kappa shape index (κ2) is 9.49. The van der Waals surface area contributed by atoms with E-state index in [1.165, 1.54) is 6.20 Å². The fraction of sp³-hybridized carbons (Fsp3) is 0.562. The van der Waals surface area contributed by atoms with Gasteiger partial charge in [0.15, 0.2) is 0 Å². The second-order valence-electron chi connectivity index (χ2n) is 6.18. The predicted octanol–water partition coefficient (Wildman–Crippen LogP) is -2.27. The molecule has 2 aliphatic heterocycles. The number of nitrogens with zero attached hydrogens (tertiary/aromatic N) is 2. The highest BCUT2D eigenvalue weighted by Crippen LogP contribution is 2.25. The van der Waals surface area contributed by atoms with E-state index in [1.54, 1.807) is 0 Å². The van der Waals surface area contributed by atoms with Gasteiger partial charge in [-0.05, 0) is 0 Å². The number of aliphatic hydroxyl groups excluding tert-OH is 2. The van der Waals surface area contributed by atoms with Crippen LogP contribution in [0.15, 0.2) is 11.8 Å². The van der Waals surface area contributed by atoms with Gasteiger partial charge in [0.1, 0.15) is 25.0 Å². The molecule has 0 radical (unpaired) electrons. The van der Waals surface area contributed by atoms with E-state index in [-0.39, 0.29) is 25.0 Å². The highest BCUT2D eigenvalue weighted by Gasteiger charge is 2.40. The third-order valence-electron chi connectivity index (χ3n) is 4.12. The Labute approximate surface area is 160 Å². The molecular formula is C16H22N4O8. The summed E-state index contributed by atoms with van der Waals surface area (Å²) in [6.07, 6.45) is -2.84. The van der Waals surface area contributed by atoms with Crippen molar-refractivity contribution >= 4 is 17.9 Å². The normalized spacial score (nSPS) is 26.8. The summed E-state index contributed by atoms with van der Waals surface area (Å²) in [4.78, 5) is 35.2. The van der Waals surface area contributed by atoms with E-state index in [1.807, 2.05) is 0 Å². The largest absolute Gasteiger partial charge is 0.481 e. The van der Waals surface area contributed by atoms with Crippen LogP contribution < -0.4 is 11.1 Å². The molecule has 0 spiro atoms. The zero-order chi connectivity index (χ0) is 20.8. The Kier molecular flexibility index (Phi) is 7.32. The topological polar surface area (TPSA) is 186 Å². The van der Waals surface area contributed by atoms with E-state index in [0.717, 1.165) is 4.90 Å². The van der Waals surface area contributed by atoms with E-state index < -0.39 is 55.5 Å². The van der Waals surface area contributed by atoms with Gasteiger partial charge in [-0.2, -0.15) is 0 Å². The zero-order valence-corrected chi connectivity index (χ0v) is 14.8. The highest BCUT2D eigenvalue weighted by molar-refractivity contribution is 5.80. The number of aliphatic carboxylic acids is 1. The van der Waals surface area contributed by atoms with Crippen molar-refractivity contribution in [2.75, 3.05) is 13.2 Å². The maximum absolute atomic E-state index is 12.1. The molecule has 2 rings (SSSR count). The number of aliphatic hydroxyl groups is 2. The minimum absolute atomic E-state index is 0.0909. The Hall–Kier alpha value is -2.69. The quantitative estimate of drug-likeness (QED) is 0.163. The van der Waals surface area contributed by atoms with Crippen LogP contribution in [0.1, 0.15) is 19.3 Å². The van der Waals surface area contributed by atoms with Crippen LogP contribution in [0.5, 0.6) is 0 Å². The fourth-order valence-electron chi connectivity index (χ4n) is 2.60. The van der Waals surface area contributed by atoms with Crippen LogP contribution in [-0.4, -0.2) is 86.2 Å². The Morgan fingerprint density at radius 3 is 2.75 bits per heavy atom. The minimum atomic E-state index is -1.16. The van der Waals surface area contributed by atoms with Gasteiger partial charge < -0.3 is 31.1 Å². The lowest BCUT2D eigenvalue weighted by Crippen LogP contribution is -2.54. The van der Waals surface area contributed by atoms with Crippen LogP contribution in [0.25, 0.3) is 0 Å². The van der Waals surface area contributed by atoms with Crippen molar-refractivity contribution < 1.29 is 39.6 Å². The summed E-state index contributed by atoms with van der Waals surface area (Å²) >= 11 is 0. The first kappa shape index (κ1) is 21.6. The van der Waals surface area contributed by atoms with Gasteiger partial charge >= 0.3 is 12.0 Å². The number of rotatable bonds is 6. The smallest absolute Gasteiger partial charge is 0.325 e. The molecule has 0 aliphatic carbocycles. The molecule has 154 valence electrons. The number of hydrogen-bond acceptors (Lipinski definition) is 8. The standard InChI is InChI=1S/C16H22N4O8/c17-15-9(2-1-5-20(27)12(23)3-4-14(24)25)7-19(16(26)18-15)13-6-10(22)11(8-21)28-13/h7,10-11,13,15,21-22,27H,3-6,8,17H2,(H,18,26)(H,24,25)/t10-,11?,13?,15?/m0/s1. The van der Waals surface area contributed by atoms with Crippen LogP contribution >= 0.6 is 0 Å². The lowest BCUT2D eigenvalue weighted by atomic mass is 10.1. The third kappa shape index (κ3) is 5.41. The molecule has 12 nitrogen and oxygen atoms in total. The molecule has 4 atom stereocenters. The summed E-state index contributed by atoms with van der Waals surface area (Å²) < 4.78 is 5.43. The molecule has 12 heteroatoms. The Bertz CT molecular complexity index is 715. The van der Waals surface area contributed by atoms with Crippen LogP contribution in [0.3, 0.4) is 0 Å². The lowest BCUT2D eigenvalue weighted by molar-refractivity contribution is -0.163. The number of hydroxylamine groups is 2. The van der Waals surface area contributed by atoms with Gasteiger partial charge in [0.2, 0.25) is 5.91 Å². The first-order valence-electron chi connectivity index (χ1n) is 8.43. The van der Waals surface area contributed by atoms with Gasteiger partial charge in [-0.15, -0.1) is 0 Å². The van der Waals surface area contributed by atoms with Gasteiger partial charge in [0.05, 0.1) is 24.7 Å². The molecule has 2 aliphatic rings. The first-order chi connectivity index (χ1) is 13.2. The molecule has 0 aromatic rings. The third-order valence-corrected chi connectivity index (χ3v) is 4.12. The number of carboxylic acids is 1. The van der Waals surface area contributed by atoms with E-state index in [0.29, 0.717) is 5.06 Å². The fourth-order valence-corrected chi connectivity index (χ4v) is 2.60. The van der Waals surface area contributed by atoms with Gasteiger partial charge in [-0.25, -0.2) is 9.86 Å². The van der Waals surface area contributed by atoms with Crippen molar-refractivity contribution in [1.29, 1.82) is 0 Å². The first-order valence-corrected chi connectivity index (χ1v) is 8.43.